The number of aliphatic carboxylic acids is 1. The summed E-state index contributed by atoms with van der Waals surface area (Å²) in [4.78, 5) is 10.1. The van der Waals surface area contributed by atoms with Gasteiger partial charge in [-0.3, -0.25) is 4.79 Å². The Morgan fingerprint density at radius 2 is 2.23 bits per heavy atom. The van der Waals surface area contributed by atoms with Gasteiger partial charge in [0.1, 0.15) is 0 Å². The van der Waals surface area contributed by atoms with Gasteiger partial charge in [0.25, 0.3) is 0 Å². The summed E-state index contributed by atoms with van der Waals surface area (Å²) in [6, 6.07) is 0. The van der Waals surface area contributed by atoms with E-state index < -0.39 is 16.2 Å². The maximum Gasteiger partial charge on any atom is 0.309 e. The lowest BCUT2D eigenvalue weighted by atomic mass is 10.4. The molecule has 0 fully saturated rings. The number of rotatable bonds is 5. The van der Waals surface area contributed by atoms with Crippen molar-refractivity contribution >= 4 is 16.2 Å². The predicted octanol–water partition coefficient (Wildman–Crippen LogP) is -1.29. The molecule has 0 aliphatic carbocycles. The van der Waals surface area contributed by atoms with Crippen LogP contribution >= 0.6 is 0 Å². The predicted molar refractivity (Wildman–Crippen MR) is 42.6 cm³/mol. The van der Waals surface area contributed by atoms with Gasteiger partial charge in [-0.05, 0) is 0 Å². The molecular formula is C5H9N3O4S. The second kappa shape index (κ2) is 4.64. The van der Waals surface area contributed by atoms with Crippen molar-refractivity contribution in [3.63, 3.8) is 0 Å². The first-order valence-corrected chi connectivity index (χ1v) is 4.68. The molecule has 0 heterocycles. The Hall–Kier alpha value is -1.33. The number of carboxylic acid groups (broad SMARTS) is 1. The molecule has 0 atom stereocenters. The summed E-state index contributed by atoms with van der Waals surface area (Å²) in [7, 11) is -2.66. The van der Waals surface area contributed by atoms with Crippen LogP contribution in [0.25, 0.3) is 0 Å². The van der Waals surface area contributed by atoms with Crippen LogP contribution in [-0.2, 0) is 15.0 Å². The van der Waals surface area contributed by atoms with Crippen LogP contribution in [0.2, 0.25) is 0 Å². The third-order valence-corrected chi connectivity index (χ3v) is 2.58. The second-order valence-corrected chi connectivity index (χ2v) is 3.96. The first kappa shape index (κ1) is 11.7. The maximum atomic E-state index is 10.9. The molecule has 0 aliphatic heterocycles. The van der Waals surface area contributed by atoms with E-state index in [9.17, 15) is 13.2 Å². The Balaban J connectivity index is 4.19. The molecule has 0 radical (unpaired) electrons. The van der Waals surface area contributed by atoms with Crippen LogP contribution in [0, 0.1) is 11.5 Å². The van der Waals surface area contributed by atoms with Crippen molar-refractivity contribution in [2.75, 3.05) is 13.6 Å². The number of hydrogen-bond acceptors (Lipinski definition) is 4. The first-order valence-electron chi connectivity index (χ1n) is 3.24. The molecule has 0 bridgehead atoms. The normalized spacial score (nSPS) is 10.8. The van der Waals surface area contributed by atoms with Gasteiger partial charge in [-0.25, -0.2) is 4.72 Å². The average Bonchev–Trinajstić information content (AvgIpc) is 1.99. The van der Waals surface area contributed by atoms with E-state index in [1.807, 2.05) is 0 Å². The number of nitriles is 1. The van der Waals surface area contributed by atoms with Crippen LogP contribution in [-0.4, -0.2) is 37.4 Å². The lowest BCUT2D eigenvalue weighted by molar-refractivity contribution is -0.137. The topological polar surface area (TPSA) is 110 Å². The monoisotopic (exact) mass is 207 g/mol. The fourth-order valence-corrected chi connectivity index (χ4v) is 1.11. The summed E-state index contributed by atoms with van der Waals surface area (Å²) in [5, 5.41) is 16.3. The summed E-state index contributed by atoms with van der Waals surface area (Å²) in [6.45, 7) is -0.174. The van der Waals surface area contributed by atoms with Crippen molar-refractivity contribution in [2.45, 2.75) is 6.42 Å². The van der Waals surface area contributed by atoms with Crippen molar-refractivity contribution in [3.8, 4) is 6.19 Å². The van der Waals surface area contributed by atoms with Gasteiger partial charge in [0.2, 0.25) is 0 Å². The van der Waals surface area contributed by atoms with Gasteiger partial charge in [-0.2, -0.15) is 18.0 Å². The number of carbonyl (C=O) groups is 1. The zero-order chi connectivity index (χ0) is 10.5. The lowest BCUT2D eigenvalue weighted by Gasteiger charge is -2.13. The van der Waals surface area contributed by atoms with Crippen LogP contribution in [0.15, 0.2) is 0 Å². The first-order chi connectivity index (χ1) is 5.90. The van der Waals surface area contributed by atoms with Gasteiger partial charge < -0.3 is 5.11 Å². The number of nitrogens with zero attached hydrogens (tertiary/aromatic N) is 2. The molecule has 0 aromatic rings. The van der Waals surface area contributed by atoms with Crippen molar-refractivity contribution < 1.29 is 18.3 Å². The Morgan fingerprint density at radius 1 is 1.69 bits per heavy atom. The molecule has 0 amide bonds. The molecular weight excluding hydrogens is 198 g/mol. The van der Waals surface area contributed by atoms with Crippen molar-refractivity contribution in [3.05, 3.63) is 0 Å². The van der Waals surface area contributed by atoms with Crippen LogP contribution in [0.1, 0.15) is 6.42 Å². The van der Waals surface area contributed by atoms with E-state index in [4.69, 9.17) is 10.4 Å². The summed E-state index contributed by atoms with van der Waals surface area (Å²) in [5.41, 5.74) is 0. The standard InChI is InChI=1S/C5H9N3O4S/c1-8(3-2-5(9)10)13(11,12)7-4-6/h7H,2-3H2,1H3,(H,9,10). The van der Waals surface area contributed by atoms with Crippen molar-refractivity contribution in [1.29, 1.82) is 5.26 Å². The third kappa shape index (κ3) is 4.29. The van der Waals surface area contributed by atoms with Crippen LogP contribution < -0.4 is 4.72 Å². The Labute approximate surface area is 75.8 Å². The van der Waals surface area contributed by atoms with Crippen LogP contribution in [0.3, 0.4) is 0 Å². The highest BCUT2D eigenvalue weighted by molar-refractivity contribution is 7.87. The Bertz CT molecular complexity index is 317. The van der Waals surface area contributed by atoms with Gasteiger partial charge in [-0.15, -0.1) is 0 Å². The minimum absolute atomic E-state index is 0.174. The Kier molecular flexibility index (Phi) is 4.16. The summed E-state index contributed by atoms with van der Waals surface area (Å²) in [5.74, 6) is -1.10. The van der Waals surface area contributed by atoms with E-state index in [1.165, 1.54) is 13.2 Å². The second-order valence-electron chi connectivity index (χ2n) is 2.18. The smallest absolute Gasteiger partial charge is 0.309 e. The van der Waals surface area contributed by atoms with Crippen molar-refractivity contribution in [2.24, 2.45) is 0 Å². The van der Waals surface area contributed by atoms with E-state index in [0.29, 0.717) is 0 Å². The number of nitrogens with one attached hydrogen (secondary N) is 1. The maximum absolute atomic E-state index is 10.9. The highest BCUT2D eigenvalue weighted by Gasteiger charge is 2.16. The van der Waals surface area contributed by atoms with Crippen molar-refractivity contribution in [1.82, 2.24) is 9.03 Å². The molecule has 0 aliphatic rings. The largest absolute Gasteiger partial charge is 0.481 e. The quantitative estimate of drug-likeness (QED) is 0.430. The molecule has 74 valence electrons. The van der Waals surface area contributed by atoms with Gasteiger partial charge in [0.05, 0.1) is 6.42 Å². The SMILES string of the molecule is CN(CCC(=O)O)S(=O)(=O)NC#N. The molecule has 8 heteroatoms. The molecule has 13 heavy (non-hydrogen) atoms. The van der Waals surface area contributed by atoms with E-state index in [1.54, 1.807) is 4.72 Å². The average molecular weight is 207 g/mol. The van der Waals surface area contributed by atoms with Gasteiger partial charge in [0, 0.05) is 13.6 Å². The van der Waals surface area contributed by atoms with E-state index in [-0.39, 0.29) is 13.0 Å². The third-order valence-electron chi connectivity index (χ3n) is 1.23. The fraction of sp³-hybridized carbons (Fsp3) is 0.600. The van der Waals surface area contributed by atoms with E-state index in [0.717, 1.165) is 4.31 Å². The van der Waals surface area contributed by atoms with Gasteiger partial charge in [-0.1, -0.05) is 0 Å². The minimum atomic E-state index is -3.85. The Morgan fingerprint density at radius 3 is 2.62 bits per heavy atom. The fourth-order valence-electron chi connectivity index (χ4n) is 0.509. The molecule has 2 N–H and O–H groups in total. The molecule has 0 unspecified atom stereocenters. The lowest BCUT2D eigenvalue weighted by Crippen LogP contribution is -2.36. The molecule has 0 saturated heterocycles. The minimum Gasteiger partial charge on any atom is -0.481 e. The highest BCUT2D eigenvalue weighted by Crippen LogP contribution is 1.94. The van der Waals surface area contributed by atoms with Crippen LogP contribution in [0.5, 0.6) is 0 Å². The molecule has 0 spiro atoms. The number of carboxylic acids is 1. The molecule has 7 nitrogen and oxygen atoms in total. The molecule has 0 rings (SSSR count). The van der Waals surface area contributed by atoms with E-state index in [2.05, 4.69) is 0 Å². The summed E-state index contributed by atoms with van der Waals surface area (Å²) >= 11 is 0. The zero-order valence-electron chi connectivity index (χ0n) is 6.89. The molecule has 0 aromatic carbocycles. The highest BCUT2D eigenvalue weighted by atomic mass is 32.2. The zero-order valence-corrected chi connectivity index (χ0v) is 7.71. The van der Waals surface area contributed by atoms with E-state index >= 15 is 0 Å². The summed E-state index contributed by atoms with van der Waals surface area (Å²) in [6.07, 6.45) is 0.947. The van der Waals surface area contributed by atoms with Gasteiger partial charge in [0.15, 0.2) is 6.19 Å². The van der Waals surface area contributed by atoms with Gasteiger partial charge >= 0.3 is 16.2 Å². The summed E-state index contributed by atoms with van der Waals surface area (Å²) < 4.78 is 24.2. The van der Waals surface area contributed by atoms with Crippen LogP contribution in [0.4, 0.5) is 0 Å². The number of hydrogen-bond donors (Lipinski definition) is 2. The molecule has 0 aromatic heterocycles. The molecule has 0 saturated carbocycles.